The van der Waals surface area contributed by atoms with Gasteiger partial charge in [-0.3, -0.25) is 4.79 Å². The van der Waals surface area contributed by atoms with Crippen molar-refractivity contribution >= 4 is 11.6 Å². The van der Waals surface area contributed by atoms with Gasteiger partial charge in [-0.1, -0.05) is 38.8 Å². The highest BCUT2D eigenvalue weighted by Crippen LogP contribution is 2.20. The van der Waals surface area contributed by atoms with Crippen molar-refractivity contribution < 1.29 is 4.79 Å². The Labute approximate surface area is 122 Å². The van der Waals surface area contributed by atoms with Crippen LogP contribution in [-0.2, 0) is 4.79 Å². The average Bonchev–Trinajstić information content (AvgIpc) is 2.91. The van der Waals surface area contributed by atoms with Crippen molar-refractivity contribution in [1.29, 1.82) is 0 Å². The monoisotopic (exact) mass is 274 g/mol. The van der Waals surface area contributed by atoms with Gasteiger partial charge >= 0.3 is 0 Å². The summed E-state index contributed by atoms with van der Waals surface area (Å²) in [6.45, 7) is 6.27. The molecule has 1 atom stereocenters. The predicted molar refractivity (Wildman–Crippen MR) is 84.0 cm³/mol. The van der Waals surface area contributed by atoms with E-state index in [0.717, 1.165) is 18.5 Å². The molecule has 0 aliphatic heterocycles. The van der Waals surface area contributed by atoms with E-state index in [1.54, 1.807) is 0 Å². The van der Waals surface area contributed by atoms with Crippen molar-refractivity contribution in [2.24, 2.45) is 0 Å². The van der Waals surface area contributed by atoms with E-state index in [0.29, 0.717) is 12.0 Å². The number of hydrogen-bond donors (Lipinski definition) is 2. The van der Waals surface area contributed by atoms with E-state index >= 15 is 0 Å². The van der Waals surface area contributed by atoms with Crippen LogP contribution in [0.3, 0.4) is 0 Å². The van der Waals surface area contributed by atoms with Crippen molar-refractivity contribution in [3.8, 4) is 0 Å². The summed E-state index contributed by atoms with van der Waals surface area (Å²) in [6.07, 6.45) is 4.73. The molecule has 1 saturated carbocycles. The van der Waals surface area contributed by atoms with Gasteiger partial charge in [0.15, 0.2) is 0 Å². The van der Waals surface area contributed by atoms with Crippen LogP contribution in [0.15, 0.2) is 24.3 Å². The third-order valence-corrected chi connectivity index (χ3v) is 4.03. The third kappa shape index (κ3) is 3.99. The van der Waals surface area contributed by atoms with Gasteiger partial charge in [-0.15, -0.1) is 0 Å². The smallest absolute Gasteiger partial charge is 0.242 e. The molecule has 3 heteroatoms. The number of amides is 1. The molecule has 1 aliphatic rings. The highest BCUT2D eigenvalue weighted by atomic mass is 16.2. The van der Waals surface area contributed by atoms with Crippen molar-refractivity contribution in [1.82, 2.24) is 5.32 Å². The summed E-state index contributed by atoms with van der Waals surface area (Å²) in [7, 11) is 0. The fraction of sp³-hybridized carbons (Fsp3) is 0.588. The second-order valence-electron chi connectivity index (χ2n) is 6.14. The zero-order valence-electron chi connectivity index (χ0n) is 12.8. The van der Waals surface area contributed by atoms with Gasteiger partial charge in [0, 0.05) is 11.7 Å². The second-order valence-corrected chi connectivity index (χ2v) is 6.14. The molecule has 20 heavy (non-hydrogen) atoms. The number of anilines is 1. The van der Waals surface area contributed by atoms with Gasteiger partial charge in [-0.25, -0.2) is 0 Å². The van der Waals surface area contributed by atoms with Gasteiger partial charge in [0.05, 0.1) is 0 Å². The molecular weight excluding hydrogens is 248 g/mol. The number of carbonyl (C=O) groups is 1. The highest BCUT2D eigenvalue weighted by Gasteiger charge is 2.20. The average molecular weight is 274 g/mol. The molecule has 2 rings (SSSR count). The zero-order valence-corrected chi connectivity index (χ0v) is 12.8. The Morgan fingerprint density at radius 2 is 1.90 bits per heavy atom. The first-order chi connectivity index (χ1) is 9.56. The molecule has 1 aromatic rings. The first-order valence-electron chi connectivity index (χ1n) is 7.73. The lowest BCUT2D eigenvalue weighted by Crippen LogP contribution is -2.42. The molecular formula is C17H26N2O. The molecule has 0 radical (unpaired) electrons. The molecule has 0 spiro atoms. The van der Waals surface area contributed by atoms with Crippen LogP contribution in [0.5, 0.6) is 0 Å². The number of carbonyl (C=O) groups excluding carboxylic acids is 1. The Bertz CT molecular complexity index is 450. The molecule has 0 heterocycles. The Morgan fingerprint density at radius 3 is 2.55 bits per heavy atom. The van der Waals surface area contributed by atoms with Gasteiger partial charge in [-0.2, -0.15) is 0 Å². The van der Waals surface area contributed by atoms with E-state index in [1.165, 1.54) is 18.4 Å². The number of rotatable bonds is 5. The molecule has 2 N–H and O–H groups in total. The quantitative estimate of drug-likeness (QED) is 0.860. The molecule has 1 amide bonds. The van der Waals surface area contributed by atoms with E-state index in [4.69, 9.17) is 0 Å². The summed E-state index contributed by atoms with van der Waals surface area (Å²) in [6, 6.07) is 8.50. The second kappa shape index (κ2) is 6.78. The Kier molecular flexibility index (Phi) is 5.05. The Morgan fingerprint density at radius 1 is 1.20 bits per heavy atom. The lowest BCUT2D eigenvalue weighted by molar-refractivity contribution is -0.122. The molecule has 1 aromatic carbocycles. The molecule has 1 fully saturated rings. The van der Waals surface area contributed by atoms with E-state index in [-0.39, 0.29) is 11.9 Å². The van der Waals surface area contributed by atoms with E-state index in [9.17, 15) is 4.79 Å². The summed E-state index contributed by atoms with van der Waals surface area (Å²) in [5, 5.41) is 6.43. The predicted octanol–water partition coefficient (Wildman–Crippen LogP) is 3.67. The molecule has 0 saturated heterocycles. The summed E-state index contributed by atoms with van der Waals surface area (Å²) in [5.74, 6) is 0.603. The summed E-state index contributed by atoms with van der Waals surface area (Å²) in [4.78, 5) is 12.1. The number of nitrogens with one attached hydrogen (secondary N) is 2. The number of hydrogen-bond acceptors (Lipinski definition) is 2. The van der Waals surface area contributed by atoms with Crippen LogP contribution >= 0.6 is 0 Å². The first kappa shape index (κ1) is 14.9. The van der Waals surface area contributed by atoms with Gasteiger partial charge in [0.2, 0.25) is 5.91 Å². The van der Waals surface area contributed by atoms with Crippen LogP contribution in [0.2, 0.25) is 0 Å². The molecule has 110 valence electrons. The van der Waals surface area contributed by atoms with Crippen molar-refractivity contribution in [3.05, 3.63) is 29.8 Å². The van der Waals surface area contributed by atoms with Gasteiger partial charge in [0.25, 0.3) is 0 Å². The van der Waals surface area contributed by atoms with Crippen LogP contribution in [0.4, 0.5) is 5.69 Å². The van der Waals surface area contributed by atoms with Crippen LogP contribution in [0.1, 0.15) is 57.9 Å². The number of benzene rings is 1. The van der Waals surface area contributed by atoms with E-state index < -0.39 is 0 Å². The minimum Gasteiger partial charge on any atom is -0.374 e. The van der Waals surface area contributed by atoms with E-state index in [1.807, 2.05) is 19.1 Å². The minimum absolute atomic E-state index is 0.104. The minimum atomic E-state index is -0.196. The summed E-state index contributed by atoms with van der Waals surface area (Å²) < 4.78 is 0. The first-order valence-corrected chi connectivity index (χ1v) is 7.73. The van der Waals surface area contributed by atoms with Crippen molar-refractivity contribution in [2.75, 3.05) is 5.32 Å². The third-order valence-electron chi connectivity index (χ3n) is 4.03. The van der Waals surface area contributed by atoms with Gasteiger partial charge < -0.3 is 10.6 Å². The molecule has 0 aromatic heterocycles. The Hall–Kier alpha value is -1.51. The topological polar surface area (TPSA) is 41.1 Å². The normalized spacial score (nSPS) is 17.2. The maximum atomic E-state index is 12.1. The molecule has 3 nitrogen and oxygen atoms in total. The van der Waals surface area contributed by atoms with Crippen LogP contribution in [-0.4, -0.2) is 18.0 Å². The lowest BCUT2D eigenvalue weighted by Gasteiger charge is -2.19. The SMILES string of the molecule is CC(Nc1cccc(C(C)C)c1)C(=O)NC1CCCC1. The molecule has 1 aliphatic carbocycles. The molecule has 1 unspecified atom stereocenters. The fourth-order valence-corrected chi connectivity index (χ4v) is 2.70. The van der Waals surface area contributed by atoms with Crippen LogP contribution in [0, 0.1) is 0 Å². The standard InChI is InChI=1S/C17H26N2O/c1-12(2)14-7-6-10-16(11-14)18-13(3)17(20)19-15-8-4-5-9-15/h6-7,10-13,15,18H,4-5,8-9H2,1-3H3,(H,19,20). The fourth-order valence-electron chi connectivity index (χ4n) is 2.70. The summed E-state index contributed by atoms with van der Waals surface area (Å²) >= 11 is 0. The largest absolute Gasteiger partial charge is 0.374 e. The Balaban J connectivity index is 1.91. The maximum absolute atomic E-state index is 12.1. The van der Waals surface area contributed by atoms with Crippen LogP contribution < -0.4 is 10.6 Å². The lowest BCUT2D eigenvalue weighted by atomic mass is 10.0. The highest BCUT2D eigenvalue weighted by molar-refractivity contribution is 5.84. The van der Waals surface area contributed by atoms with E-state index in [2.05, 4.69) is 36.6 Å². The van der Waals surface area contributed by atoms with Gasteiger partial charge in [0.1, 0.15) is 6.04 Å². The van der Waals surface area contributed by atoms with Crippen molar-refractivity contribution in [2.45, 2.75) is 64.5 Å². The maximum Gasteiger partial charge on any atom is 0.242 e. The zero-order chi connectivity index (χ0) is 14.5. The van der Waals surface area contributed by atoms with Gasteiger partial charge in [-0.05, 0) is 43.4 Å². The summed E-state index contributed by atoms with van der Waals surface area (Å²) in [5.41, 5.74) is 2.31. The molecule has 0 bridgehead atoms. The van der Waals surface area contributed by atoms with Crippen LogP contribution in [0.25, 0.3) is 0 Å². The van der Waals surface area contributed by atoms with Crippen molar-refractivity contribution in [3.63, 3.8) is 0 Å².